The molecule has 0 radical (unpaired) electrons. The van der Waals surface area contributed by atoms with Crippen LogP contribution in [0.3, 0.4) is 0 Å². The number of nitrogens with zero attached hydrogens (tertiary/aromatic N) is 3. The highest BCUT2D eigenvalue weighted by molar-refractivity contribution is 7.08. The van der Waals surface area contributed by atoms with Gasteiger partial charge in [-0.25, -0.2) is 0 Å². The van der Waals surface area contributed by atoms with Crippen molar-refractivity contribution >= 4 is 17.2 Å². The fraction of sp³-hybridized carbons (Fsp3) is 0.500. The molecule has 2 aromatic rings. The Kier molecular flexibility index (Phi) is 4.03. The fourth-order valence-electron chi connectivity index (χ4n) is 2.69. The van der Waals surface area contributed by atoms with Crippen LogP contribution in [0.2, 0.25) is 0 Å². The topological polar surface area (TPSA) is 69.0 Å². The summed E-state index contributed by atoms with van der Waals surface area (Å²) in [5.41, 5.74) is 1.61. The minimum atomic E-state index is -0.177. The molecule has 0 aromatic carbocycles. The molecule has 1 fully saturated rings. The number of amides is 1. The van der Waals surface area contributed by atoms with Crippen molar-refractivity contribution in [1.29, 1.82) is 0 Å². The predicted molar refractivity (Wildman–Crippen MR) is 79.4 cm³/mol. The monoisotopic (exact) mass is 306 g/mol. The highest BCUT2D eigenvalue weighted by Crippen LogP contribution is 2.35. The molecule has 1 aliphatic heterocycles. The summed E-state index contributed by atoms with van der Waals surface area (Å²) in [5, 5.41) is 14.9. The van der Waals surface area contributed by atoms with E-state index in [0.29, 0.717) is 12.2 Å². The maximum atomic E-state index is 12.2. The van der Waals surface area contributed by atoms with Crippen LogP contribution in [-0.4, -0.2) is 40.7 Å². The number of ether oxygens (including phenoxy) is 1. The third kappa shape index (κ3) is 2.98. The zero-order valence-corrected chi connectivity index (χ0v) is 12.7. The molecule has 0 bridgehead atoms. The normalized spacial score (nSPS) is 17.6. The number of carbonyl (C=O) groups is 1. The molecule has 1 aliphatic rings. The molecule has 0 atom stereocenters. The van der Waals surface area contributed by atoms with Crippen molar-refractivity contribution < 1.29 is 9.53 Å². The van der Waals surface area contributed by atoms with Gasteiger partial charge in [0.2, 0.25) is 0 Å². The van der Waals surface area contributed by atoms with Gasteiger partial charge in [0.05, 0.1) is 6.20 Å². The Bertz CT molecular complexity index is 602. The zero-order valence-electron chi connectivity index (χ0n) is 11.9. The first kappa shape index (κ1) is 14.2. The van der Waals surface area contributed by atoms with E-state index in [-0.39, 0.29) is 11.3 Å². The van der Waals surface area contributed by atoms with Crippen molar-refractivity contribution in [3.63, 3.8) is 0 Å². The highest BCUT2D eigenvalue weighted by Gasteiger charge is 2.35. The van der Waals surface area contributed by atoms with Crippen LogP contribution in [0.15, 0.2) is 23.0 Å². The van der Waals surface area contributed by atoms with Gasteiger partial charge in [0.1, 0.15) is 0 Å². The van der Waals surface area contributed by atoms with Gasteiger partial charge < -0.3 is 10.1 Å². The van der Waals surface area contributed by atoms with Crippen molar-refractivity contribution in [2.75, 3.05) is 19.8 Å². The average molecular weight is 306 g/mol. The summed E-state index contributed by atoms with van der Waals surface area (Å²) in [6, 6.07) is 2.14. The summed E-state index contributed by atoms with van der Waals surface area (Å²) in [6.07, 6.45) is 3.46. The maximum Gasteiger partial charge on any atom is 0.273 e. The van der Waals surface area contributed by atoms with E-state index in [1.165, 1.54) is 10.2 Å². The predicted octanol–water partition coefficient (Wildman–Crippen LogP) is 1.35. The second-order valence-electron chi connectivity index (χ2n) is 5.36. The van der Waals surface area contributed by atoms with Gasteiger partial charge in [-0.3, -0.25) is 9.48 Å². The Labute approximate surface area is 127 Å². The van der Waals surface area contributed by atoms with Gasteiger partial charge in [-0.05, 0) is 35.2 Å². The van der Waals surface area contributed by atoms with Crippen LogP contribution in [0, 0.1) is 0 Å². The number of carbonyl (C=O) groups excluding carboxylic acids is 1. The summed E-state index contributed by atoms with van der Waals surface area (Å²) in [4.78, 5) is 12.2. The van der Waals surface area contributed by atoms with E-state index in [0.717, 1.165) is 26.1 Å². The molecule has 0 spiro atoms. The van der Waals surface area contributed by atoms with Crippen molar-refractivity contribution in [2.45, 2.75) is 18.3 Å². The number of thiophene rings is 1. The molecule has 0 saturated carbocycles. The minimum Gasteiger partial charge on any atom is -0.381 e. The molecule has 3 heterocycles. The Hall–Kier alpha value is -1.73. The summed E-state index contributed by atoms with van der Waals surface area (Å²) in [7, 11) is 1.75. The molecule has 112 valence electrons. The van der Waals surface area contributed by atoms with E-state index in [9.17, 15) is 4.79 Å². The molecule has 2 aromatic heterocycles. The number of rotatable bonds is 4. The van der Waals surface area contributed by atoms with E-state index in [4.69, 9.17) is 4.74 Å². The van der Waals surface area contributed by atoms with Crippen LogP contribution in [0.25, 0.3) is 0 Å². The van der Waals surface area contributed by atoms with Crippen molar-refractivity contribution in [3.05, 3.63) is 34.3 Å². The third-order valence-corrected chi connectivity index (χ3v) is 4.69. The van der Waals surface area contributed by atoms with Gasteiger partial charge in [-0.2, -0.15) is 11.3 Å². The van der Waals surface area contributed by atoms with Gasteiger partial charge in [-0.1, -0.05) is 5.21 Å². The number of hydrogen-bond acceptors (Lipinski definition) is 5. The first-order valence-electron chi connectivity index (χ1n) is 6.95. The number of nitrogens with one attached hydrogen (secondary N) is 1. The van der Waals surface area contributed by atoms with Gasteiger partial charge in [0.25, 0.3) is 5.91 Å². The van der Waals surface area contributed by atoms with E-state index in [1.54, 1.807) is 24.6 Å². The van der Waals surface area contributed by atoms with Crippen LogP contribution >= 0.6 is 11.3 Å². The van der Waals surface area contributed by atoms with E-state index >= 15 is 0 Å². The summed E-state index contributed by atoms with van der Waals surface area (Å²) >= 11 is 1.69. The van der Waals surface area contributed by atoms with Gasteiger partial charge >= 0.3 is 0 Å². The molecule has 1 saturated heterocycles. The van der Waals surface area contributed by atoms with Gasteiger partial charge in [-0.15, -0.1) is 5.10 Å². The lowest BCUT2D eigenvalue weighted by molar-refractivity contribution is 0.0488. The lowest BCUT2D eigenvalue weighted by Crippen LogP contribution is -2.44. The molecule has 1 amide bonds. The lowest BCUT2D eigenvalue weighted by atomic mass is 9.75. The van der Waals surface area contributed by atoms with E-state index in [1.807, 2.05) is 0 Å². The first-order valence-corrected chi connectivity index (χ1v) is 7.89. The summed E-state index contributed by atoms with van der Waals surface area (Å²) in [5.74, 6) is -0.177. The van der Waals surface area contributed by atoms with Crippen LogP contribution in [0.5, 0.6) is 0 Å². The Balaban J connectivity index is 1.72. The molecule has 0 aliphatic carbocycles. The molecule has 7 heteroatoms. The molecule has 6 nitrogen and oxygen atoms in total. The number of aryl methyl sites for hydroxylation is 1. The second-order valence-corrected chi connectivity index (χ2v) is 6.14. The Morgan fingerprint density at radius 3 is 2.95 bits per heavy atom. The SMILES string of the molecule is Cn1cc(C(=O)NCC2(c3ccsc3)CCOCC2)nn1. The fourth-order valence-corrected chi connectivity index (χ4v) is 3.47. The lowest BCUT2D eigenvalue weighted by Gasteiger charge is -2.37. The smallest absolute Gasteiger partial charge is 0.273 e. The summed E-state index contributed by atoms with van der Waals surface area (Å²) < 4.78 is 7.01. The molecular weight excluding hydrogens is 288 g/mol. The maximum absolute atomic E-state index is 12.2. The highest BCUT2D eigenvalue weighted by atomic mass is 32.1. The second kappa shape index (κ2) is 5.95. The minimum absolute atomic E-state index is 0.0316. The Morgan fingerprint density at radius 2 is 2.33 bits per heavy atom. The van der Waals surface area contributed by atoms with Crippen molar-refractivity contribution in [3.8, 4) is 0 Å². The van der Waals surface area contributed by atoms with Crippen LogP contribution in [0.4, 0.5) is 0 Å². The van der Waals surface area contributed by atoms with Crippen molar-refractivity contribution in [2.24, 2.45) is 7.05 Å². The zero-order chi connectivity index (χ0) is 14.7. The van der Waals surface area contributed by atoms with Crippen LogP contribution in [-0.2, 0) is 17.2 Å². The molecule has 1 N–H and O–H groups in total. The van der Waals surface area contributed by atoms with E-state index < -0.39 is 0 Å². The molecule has 21 heavy (non-hydrogen) atoms. The largest absolute Gasteiger partial charge is 0.381 e. The molecule has 3 rings (SSSR count). The quantitative estimate of drug-likeness (QED) is 0.926. The van der Waals surface area contributed by atoms with Gasteiger partial charge in [0, 0.05) is 32.2 Å². The average Bonchev–Trinajstić information content (AvgIpc) is 3.17. The summed E-state index contributed by atoms with van der Waals surface area (Å²) in [6.45, 7) is 2.07. The number of aromatic nitrogens is 3. The Morgan fingerprint density at radius 1 is 1.52 bits per heavy atom. The molecular formula is C14H18N4O2S. The number of hydrogen-bond donors (Lipinski definition) is 1. The molecule has 0 unspecified atom stereocenters. The van der Waals surface area contributed by atoms with E-state index in [2.05, 4.69) is 32.5 Å². The standard InChI is InChI=1S/C14H18N4O2S/c1-18-8-12(16-17-18)13(19)15-10-14(3-5-20-6-4-14)11-2-7-21-9-11/h2,7-9H,3-6,10H2,1H3,(H,15,19). The third-order valence-electron chi connectivity index (χ3n) is 4.01. The van der Waals surface area contributed by atoms with Gasteiger partial charge in [0.15, 0.2) is 5.69 Å². The first-order chi connectivity index (χ1) is 10.2. The van der Waals surface area contributed by atoms with Crippen molar-refractivity contribution in [1.82, 2.24) is 20.3 Å². The van der Waals surface area contributed by atoms with Crippen LogP contribution < -0.4 is 5.32 Å². The van der Waals surface area contributed by atoms with Crippen LogP contribution in [0.1, 0.15) is 28.9 Å².